The minimum atomic E-state index is -0.311. The number of carbonyl (C=O) groups is 1. The van der Waals surface area contributed by atoms with Gasteiger partial charge >= 0.3 is 5.97 Å². The van der Waals surface area contributed by atoms with E-state index in [1.165, 1.54) is 6.92 Å². The number of esters is 1. The summed E-state index contributed by atoms with van der Waals surface area (Å²) < 4.78 is 5.22. The molecule has 0 aliphatic heterocycles. The third-order valence-electron chi connectivity index (χ3n) is 2.38. The number of carbonyl (C=O) groups excluding carboxylic acids is 1. The van der Waals surface area contributed by atoms with Crippen molar-refractivity contribution < 1.29 is 14.6 Å². The van der Waals surface area contributed by atoms with E-state index in [4.69, 9.17) is 17.0 Å². The van der Waals surface area contributed by atoms with Crippen LogP contribution in [-0.2, 0) is 9.53 Å². The molecule has 0 saturated heterocycles. The summed E-state index contributed by atoms with van der Waals surface area (Å²) >= 11 is 5.19. The fraction of sp³-hybridized carbons (Fsp3) is 0.833. The summed E-state index contributed by atoms with van der Waals surface area (Å²) in [5.74, 6) is -0.284. The van der Waals surface area contributed by atoms with Crippen LogP contribution in [0.2, 0.25) is 0 Å². The highest BCUT2D eigenvalue weighted by molar-refractivity contribution is 7.80. The Kier molecular flexibility index (Phi) is 8.08. The monoisotopic (exact) mass is 261 g/mol. The summed E-state index contributed by atoms with van der Waals surface area (Å²) in [5, 5.41) is 9.18. The molecule has 100 valence electrons. The van der Waals surface area contributed by atoms with Gasteiger partial charge in [-0.2, -0.15) is 0 Å². The SMILES string of the molecule is CC(=O)O[C@@H](CCC[C@H](C)O)CC(=S)N(C)C. The summed E-state index contributed by atoms with van der Waals surface area (Å²) in [6.45, 7) is 3.16. The lowest BCUT2D eigenvalue weighted by atomic mass is 10.1. The van der Waals surface area contributed by atoms with Gasteiger partial charge in [0.2, 0.25) is 0 Å². The van der Waals surface area contributed by atoms with Crippen molar-refractivity contribution in [3.63, 3.8) is 0 Å². The maximum atomic E-state index is 11.0. The molecule has 0 aromatic carbocycles. The van der Waals surface area contributed by atoms with E-state index in [0.29, 0.717) is 12.8 Å². The molecule has 0 aromatic heterocycles. The molecule has 0 aliphatic carbocycles. The lowest BCUT2D eigenvalue weighted by Crippen LogP contribution is -2.27. The highest BCUT2D eigenvalue weighted by atomic mass is 32.1. The molecule has 1 N–H and O–H groups in total. The second kappa shape index (κ2) is 8.42. The van der Waals surface area contributed by atoms with Gasteiger partial charge in [0.25, 0.3) is 0 Å². The molecule has 0 aromatic rings. The maximum Gasteiger partial charge on any atom is 0.302 e. The van der Waals surface area contributed by atoms with Crippen LogP contribution >= 0.6 is 12.2 Å². The number of rotatable bonds is 7. The Hall–Kier alpha value is -0.680. The van der Waals surface area contributed by atoms with E-state index in [2.05, 4.69) is 0 Å². The van der Waals surface area contributed by atoms with Gasteiger partial charge in [0.1, 0.15) is 6.10 Å². The lowest BCUT2D eigenvalue weighted by molar-refractivity contribution is -0.146. The lowest BCUT2D eigenvalue weighted by Gasteiger charge is -2.21. The van der Waals surface area contributed by atoms with Gasteiger partial charge in [-0.05, 0) is 26.2 Å². The van der Waals surface area contributed by atoms with E-state index in [0.717, 1.165) is 17.8 Å². The summed E-state index contributed by atoms with van der Waals surface area (Å²) in [6.07, 6.45) is 2.35. The van der Waals surface area contributed by atoms with Gasteiger partial charge in [-0.1, -0.05) is 12.2 Å². The third-order valence-corrected chi connectivity index (χ3v) is 2.91. The molecule has 0 radical (unpaired) electrons. The molecule has 0 rings (SSSR count). The van der Waals surface area contributed by atoms with Crippen molar-refractivity contribution in [1.82, 2.24) is 4.90 Å². The first-order valence-corrected chi connectivity index (χ1v) is 6.29. The Morgan fingerprint density at radius 1 is 1.41 bits per heavy atom. The van der Waals surface area contributed by atoms with Gasteiger partial charge in [-0.15, -0.1) is 0 Å². The molecular weight excluding hydrogens is 238 g/mol. The molecule has 2 atom stereocenters. The predicted octanol–water partition coefficient (Wildman–Crippen LogP) is 1.75. The van der Waals surface area contributed by atoms with E-state index >= 15 is 0 Å². The first kappa shape index (κ1) is 16.3. The Morgan fingerprint density at radius 3 is 2.41 bits per heavy atom. The van der Waals surface area contributed by atoms with Gasteiger partial charge in [-0.25, -0.2) is 0 Å². The Labute approximate surface area is 109 Å². The molecule has 0 spiro atoms. The molecule has 0 unspecified atom stereocenters. The molecule has 0 heterocycles. The van der Waals surface area contributed by atoms with Crippen LogP contribution in [0.4, 0.5) is 0 Å². The Bertz CT molecular complexity index is 254. The van der Waals surface area contributed by atoms with Crippen molar-refractivity contribution in [1.29, 1.82) is 0 Å². The van der Waals surface area contributed by atoms with Crippen molar-refractivity contribution in [3.05, 3.63) is 0 Å². The van der Waals surface area contributed by atoms with Crippen molar-refractivity contribution in [2.24, 2.45) is 0 Å². The van der Waals surface area contributed by atoms with Gasteiger partial charge in [-0.3, -0.25) is 4.79 Å². The Morgan fingerprint density at radius 2 is 2.00 bits per heavy atom. The zero-order valence-electron chi connectivity index (χ0n) is 11.1. The smallest absolute Gasteiger partial charge is 0.302 e. The molecule has 0 aliphatic rings. The van der Waals surface area contributed by atoms with Gasteiger partial charge < -0.3 is 14.7 Å². The zero-order valence-corrected chi connectivity index (χ0v) is 11.9. The molecular formula is C12H23NO3S. The molecule has 0 amide bonds. The van der Waals surface area contributed by atoms with E-state index in [1.54, 1.807) is 6.92 Å². The average molecular weight is 261 g/mol. The van der Waals surface area contributed by atoms with Gasteiger partial charge in [0.05, 0.1) is 11.1 Å². The first-order valence-electron chi connectivity index (χ1n) is 5.88. The fourth-order valence-corrected chi connectivity index (χ4v) is 1.64. The number of aliphatic hydroxyl groups excluding tert-OH is 1. The topological polar surface area (TPSA) is 49.8 Å². The van der Waals surface area contributed by atoms with Gasteiger partial charge in [0.15, 0.2) is 0 Å². The second-order valence-corrected chi connectivity index (χ2v) is 4.97. The predicted molar refractivity (Wildman–Crippen MR) is 72.0 cm³/mol. The van der Waals surface area contributed by atoms with Crippen molar-refractivity contribution in [3.8, 4) is 0 Å². The van der Waals surface area contributed by atoms with Crippen LogP contribution in [-0.4, -0.2) is 47.3 Å². The molecule has 0 bridgehead atoms. The highest BCUT2D eigenvalue weighted by Gasteiger charge is 2.15. The van der Waals surface area contributed by atoms with Crippen LogP contribution < -0.4 is 0 Å². The standard InChI is InChI=1S/C12H23NO3S/c1-9(14)6-5-7-11(16-10(2)15)8-12(17)13(3)4/h9,11,14H,5-8H2,1-4H3/t9-,11-/m0/s1. The van der Waals surface area contributed by atoms with Crippen LogP contribution in [0.3, 0.4) is 0 Å². The molecule has 0 fully saturated rings. The zero-order chi connectivity index (χ0) is 13.4. The van der Waals surface area contributed by atoms with Crippen LogP contribution in [0.25, 0.3) is 0 Å². The molecule has 0 saturated carbocycles. The van der Waals surface area contributed by atoms with E-state index in [1.807, 2.05) is 19.0 Å². The quantitative estimate of drug-likeness (QED) is 0.559. The average Bonchev–Trinajstić information content (AvgIpc) is 2.15. The van der Waals surface area contributed by atoms with Crippen molar-refractivity contribution >= 4 is 23.2 Å². The van der Waals surface area contributed by atoms with Crippen molar-refractivity contribution in [2.75, 3.05) is 14.1 Å². The largest absolute Gasteiger partial charge is 0.462 e. The van der Waals surface area contributed by atoms with Gasteiger partial charge in [0, 0.05) is 27.4 Å². The number of thiocarbonyl (C=S) groups is 1. The van der Waals surface area contributed by atoms with E-state index in [9.17, 15) is 9.90 Å². The number of aliphatic hydroxyl groups is 1. The number of ether oxygens (including phenoxy) is 1. The van der Waals surface area contributed by atoms with Crippen LogP contribution in [0.5, 0.6) is 0 Å². The second-order valence-electron chi connectivity index (χ2n) is 4.50. The normalized spacial score (nSPS) is 13.9. The Balaban J connectivity index is 4.14. The summed E-state index contributed by atoms with van der Waals surface area (Å²) in [6, 6.07) is 0. The number of hydrogen-bond acceptors (Lipinski definition) is 4. The highest BCUT2D eigenvalue weighted by Crippen LogP contribution is 2.12. The van der Waals surface area contributed by atoms with E-state index in [-0.39, 0.29) is 18.2 Å². The molecule has 4 nitrogen and oxygen atoms in total. The maximum absolute atomic E-state index is 11.0. The van der Waals surface area contributed by atoms with E-state index < -0.39 is 0 Å². The van der Waals surface area contributed by atoms with Crippen LogP contribution in [0.1, 0.15) is 39.5 Å². The number of hydrogen-bond donors (Lipinski definition) is 1. The third kappa shape index (κ3) is 9.06. The minimum Gasteiger partial charge on any atom is -0.462 e. The summed E-state index contributed by atoms with van der Waals surface area (Å²) in [5.41, 5.74) is 0. The van der Waals surface area contributed by atoms with Crippen LogP contribution in [0.15, 0.2) is 0 Å². The van der Waals surface area contributed by atoms with Crippen LogP contribution in [0, 0.1) is 0 Å². The van der Waals surface area contributed by atoms with Crippen molar-refractivity contribution in [2.45, 2.75) is 51.7 Å². The fourth-order valence-electron chi connectivity index (χ4n) is 1.46. The minimum absolute atomic E-state index is 0.179. The number of nitrogens with zero attached hydrogens (tertiary/aromatic N) is 1. The molecule has 17 heavy (non-hydrogen) atoms. The first-order chi connectivity index (χ1) is 7.82. The summed E-state index contributed by atoms with van der Waals surface area (Å²) in [7, 11) is 3.76. The molecule has 5 heteroatoms. The summed E-state index contributed by atoms with van der Waals surface area (Å²) in [4.78, 5) is 13.6.